The second-order valence-corrected chi connectivity index (χ2v) is 5.95. The molecule has 2 fully saturated rings. The molecule has 10 atom stereocenters. The maximum atomic E-state index is 10.2. The highest BCUT2D eigenvalue weighted by atomic mass is 16.7. The first kappa shape index (κ1) is 20.9. The molecule has 2 heterocycles. The second kappa shape index (κ2) is 8.97. The Labute approximate surface area is 144 Å². The van der Waals surface area contributed by atoms with Crippen molar-refractivity contribution in [2.45, 2.75) is 61.4 Å². The Morgan fingerprint density at radius 3 is 1.68 bits per heavy atom. The van der Waals surface area contributed by atoms with Crippen LogP contribution in [0.3, 0.4) is 0 Å². The Morgan fingerprint density at radius 1 is 0.680 bits per heavy atom. The molecular formula is C14H26O11. The first-order valence-corrected chi connectivity index (χ1v) is 7.85. The summed E-state index contributed by atoms with van der Waals surface area (Å²) < 4.78 is 26.0. The first-order valence-electron chi connectivity index (χ1n) is 7.85. The third-order valence-corrected chi connectivity index (χ3v) is 4.44. The van der Waals surface area contributed by atoms with Crippen LogP contribution in [0.25, 0.3) is 0 Å². The summed E-state index contributed by atoms with van der Waals surface area (Å²) in [4.78, 5) is 0. The molecule has 0 bridgehead atoms. The number of aliphatic hydroxyl groups is 6. The summed E-state index contributed by atoms with van der Waals surface area (Å²) >= 11 is 0. The fourth-order valence-corrected chi connectivity index (χ4v) is 3.03. The van der Waals surface area contributed by atoms with Gasteiger partial charge in [-0.25, -0.2) is 0 Å². The molecule has 148 valence electrons. The van der Waals surface area contributed by atoms with Gasteiger partial charge >= 0.3 is 0 Å². The average Bonchev–Trinajstić information content (AvgIpc) is 2.62. The van der Waals surface area contributed by atoms with Crippen molar-refractivity contribution in [3.63, 3.8) is 0 Å². The zero-order chi connectivity index (χ0) is 18.7. The second-order valence-electron chi connectivity index (χ2n) is 5.95. The maximum absolute atomic E-state index is 10.2. The third kappa shape index (κ3) is 4.12. The van der Waals surface area contributed by atoms with Crippen molar-refractivity contribution in [3.8, 4) is 0 Å². The van der Waals surface area contributed by atoms with Gasteiger partial charge in [-0.05, 0) is 0 Å². The minimum absolute atomic E-state index is 0.510. The van der Waals surface area contributed by atoms with E-state index < -0.39 is 74.6 Å². The summed E-state index contributed by atoms with van der Waals surface area (Å²) in [5, 5.41) is 59.3. The van der Waals surface area contributed by atoms with Crippen molar-refractivity contribution in [1.82, 2.24) is 0 Å². The van der Waals surface area contributed by atoms with Crippen molar-refractivity contribution in [3.05, 3.63) is 0 Å². The van der Waals surface area contributed by atoms with Crippen LogP contribution >= 0.6 is 0 Å². The molecule has 11 nitrogen and oxygen atoms in total. The van der Waals surface area contributed by atoms with Crippen LogP contribution in [0.4, 0.5) is 0 Å². The quantitative estimate of drug-likeness (QED) is 0.269. The van der Waals surface area contributed by atoms with E-state index in [1.165, 1.54) is 14.2 Å². The predicted molar refractivity (Wildman–Crippen MR) is 78.2 cm³/mol. The minimum atomic E-state index is -1.56. The van der Waals surface area contributed by atoms with Gasteiger partial charge in [0.05, 0.1) is 13.2 Å². The van der Waals surface area contributed by atoms with Gasteiger partial charge in [0, 0.05) is 14.2 Å². The van der Waals surface area contributed by atoms with E-state index in [9.17, 15) is 30.6 Å². The van der Waals surface area contributed by atoms with Crippen molar-refractivity contribution < 1.29 is 54.3 Å². The van der Waals surface area contributed by atoms with Crippen molar-refractivity contribution in [2.24, 2.45) is 0 Å². The summed E-state index contributed by atoms with van der Waals surface area (Å²) in [6.45, 7) is -1.08. The van der Waals surface area contributed by atoms with Gasteiger partial charge < -0.3 is 54.3 Å². The Bertz CT molecular complexity index is 406. The van der Waals surface area contributed by atoms with Gasteiger partial charge in [-0.3, -0.25) is 0 Å². The molecule has 0 amide bonds. The normalized spacial score (nSPS) is 48.5. The van der Waals surface area contributed by atoms with Crippen LogP contribution in [0, 0.1) is 0 Å². The lowest BCUT2D eigenvalue weighted by atomic mass is 9.97. The highest BCUT2D eigenvalue weighted by Gasteiger charge is 2.50. The highest BCUT2D eigenvalue weighted by molar-refractivity contribution is 4.94. The average molecular weight is 370 g/mol. The molecule has 0 aromatic heterocycles. The summed E-state index contributed by atoms with van der Waals surface area (Å²) in [7, 11) is 2.55. The summed E-state index contributed by atoms with van der Waals surface area (Å²) in [5.74, 6) is 0. The SMILES string of the molecule is CO[C@@H]1O[C@H](CO)[C@@H](O[C@@H]2O[C@H](CO)[C@@H](OC)C(O)C2O)C(O)C1O. The highest BCUT2D eigenvalue weighted by Crippen LogP contribution is 2.29. The van der Waals surface area contributed by atoms with Gasteiger partial charge in [0.1, 0.15) is 48.8 Å². The summed E-state index contributed by atoms with van der Waals surface area (Å²) in [5.41, 5.74) is 0. The van der Waals surface area contributed by atoms with Gasteiger partial charge in [-0.2, -0.15) is 0 Å². The molecule has 2 saturated heterocycles. The molecule has 0 spiro atoms. The first-order chi connectivity index (χ1) is 11.9. The topological polar surface area (TPSA) is 168 Å². The molecule has 0 aliphatic carbocycles. The third-order valence-electron chi connectivity index (χ3n) is 4.44. The van der Waals surface area contributed by atoms with Crippen LogP contribution < -0.4 is 0 Å². The smallest absolute Gasteiger partial charge is 0.187 e. The Kier molecular flexibility index (Phi) is 7.49. The van der Waals surface area contributed by atoms with Crippen LogP contribution in [0.2, 0.25) is 0 Å². The zero-order valence-corrected chi connectivity index (χ0v) is 13.9. The van der Waals surface area contributed by atoms with Crippen LogP contribution in [-0.4, -0.2) is 119 Å². The molecule has 2 aliphatic heterocycles. The van der Waals surface area contributed by atoms with E-state index in [0.29, 0.717) is 0 Å². The molecule has 0 aromatic carbocycles. The van der Waals surface area contributed by atoms with Crippen LogP contribution in [0.1, 0.15) is 0 Å². The minimum Gasteiger partial charge on any atom is -0.394 e. The lowest BCUT2D eigenvalue weighted by Crippen LogP contribution is -2.64. The van der Waals surface area contributed by atoms with Crippen LogP contribution in [-0.2, 0) is 23.7 Å². The molecular weight excluding hydrogens is 344 g/mol. The van der Waals surface area contributed by atoms with Gasteiger partial charge in [-0.1, -0.05) is 0 Å². The van der Waals surface area contributed by atoms with E-state index in [1.807, 2.05) is 0 Å². The van der Waals surface area contributed by atoms with E-state index in [1.54, 1.807) is 0 Å². The molecule has 6 N–H and O–H groups in total. The van der Waals surface area contributed by atoms with Crippen molar-refractivity contribution in [2.75, 3.05) is 27.4 Å². The zero-order valence-electron chi connectivity index (χ0n) is 13.9. The van der Waals surface area contributed by atoms with E-state index in [2.05, 4.69) is 0 Å². The summed E-state index contributed by atoms with van der Waals surface area (Å²) in [6.07, 6.45) is -12.9. The fraction of sp³-hybridized carbons (Fsp3) is 1.00. The Morgan fingerprint density at radius 2 is 1.16 bits per heavy atom. The molecule has 2 aliphatic rings. The number of hydrogen-bond acceptors (Lipinski definition) is 11. The molecule has 25 heavy (non-hydrogen) atoms. The summed E-state index contributed by atoms with van der Waals surface area (Å²) in [6, 6.07) is 0. The Balaban J connectivity index is 2.13. The van der Waals surface area contributed by atoms with Gasteiger partial charge in [0.15, 0.2) is 12.6 Å². The number of rotatable bonds is 6. The molecule has 0 radical (unpaired) electrons. The molecule has 0 saturated carbocycles. The molecule has 2 rings (SSSR count). The largest absolute Gasteiger partial charge is 0.394 e. The molecule has 0 aromatic rings. The number of hydrogen-bond donors (Lipinski definition) is 6. The monoisotopic (exact) mass is 370 g/mol. The number of aliphatic hydroxyl groups excluding tert-OH is 6. The maximum Gasteiger partial charge on any atom is 0.187 e. The number of methoxy groups -OCH3 is 2. The van der Waals surface area contributed by atoms with Gasteiger partial charge in [0.25, 0.3) is 0 Å². The van der Waals surface area contributed by atoms with Gasteiger partial charge in [0.2, 0.25) is 0 Å². The molecule has 11 heteroatoms. The van der Waals surface area contributed by atoms with E-state index in [4.69, 9.17) is 23.7 Å². The predicted octanol–water partition coefficient (Wildman–Crippen LogP) is -4.09. The fourth-order valence-electron chi connectivity index (χ4n) is 3.03. The van der Waals surface area contributed by atoms with Crippen LogP contribution in [0.5, 0.6) is 0 Å². The van der Waals surface area contributed by atoms with E-state index >= 15 is 0 Å². The lowest BCUT2D eigenvalue weighted by Gasteiger charge is -2.46. The van der Waals surface area contributed by atoms with E-state index in [0.717, 1.165) is 0 Å². The number of ether oxygens (including phenoxy) is 5. The van der Waals surface area contributed by atoms with Crippen molar-refractivity contribution >= 4 is 0 Å². The Hall–Kier alpha value is -0.440. The van der Waals surface area contributed by atoms with Gasteiger partial charge in [-0.15, -0.1) is 0 Å². The molecule has 4 unspecified atom stereocenters. The van der Waals surface area contributed by atoms with Crippen LogP contribution in [0.15, 0.2) is 0 Å². The lowest BCUT2D eigenvalue weighted by molar-refractivity contribution is -0.358. The standard InChI is InChI=1S/C14H26O11/c1-21-11-5(3-15)24-14(10(20)7(11)17)25-12-6(4-16)23-13(22-2)9(19)8(12)18/h5-20H,3-4H2,1-2H3/t5-,6-,7?,8?,9?,10?,11-,12-,13-,14+/m1/s1. The van der Waals surface area contributed by atoms with E-state index in [-0.39, 0.29) is 0 Å². The van der Waals surface area contributed by atoms with Crippen molar-refractivity contribution in [1.29, 1.82) is 0 Å².